The van der Waals surface area contributed by atoms with E-state index in [1.807, 2.05) is 6.92 Å². The molecule has 1 aliphatic carbocycles. The van der Waals surface area contributed by atoms with Crippen molar-refractivity contribution in [2.24, 2.45) is 0 Å². The van der Waals surface area contributed by atoms with Crippen LogP contribution in [0.2, 0.25) is 0 Å². The maximum atomic E-state index is 13.1. The molecule has 1 aromatic carbocycles. The minimum atomic E-state index is -0.310. The molecule has 1 heterocycles. The number of benzene rings is 1. The first-order valence-corrected chi connectivity index (χ1v) is 8.57. The zero-order valence-corrected chi connectivity index (χ0v) is 14.5. The number of carbonyl (C=O) groups excluding carboxylic acids is 1. The van der Waals surface area contributed by atoms with Gasteiger partial charge in [-0.25, -0.2) is 9.07 Å². The summed E-state index contributed by atoms with van der Waals surface area (Å²) in [4.78, 5) is 26.3. The van der Waals surface area contributed by atoms with Gasteiger partial charge in [0.1, 0.15) is 12.4 Å². The number of likely N-dealkylation sites (N-methyl/N-ethyl adjacent to an activating group) is 1. The number of hydrogen-bond acceptors (Lipinski definition) is 3. The third kappa shape index (κ3) is 3.78. The fourth-order valence-electron chi connectivity index (χ4n) is 3.13. The molecule has 1 aromatic heterocycles. The van der Waals surface area contributed by atoms with Crippen molar-refractivity contribution in [3.05, 3.63) is 63.3 Å². The highest BCUT2D eigenvalue weighted by Gasteiger charge is 2.20. The van der Waals surface area contributed by atoms with Crippen molar-refractivity contribution in [1.29, 1.82) is 0 Å². The Kier molecular flexibility index (Phi) is 4.97. The number of hydrogen-bond donors (Lipinski definition) is 0. The predicted molar refractivity (Wildman–Crippen MR) is 92.7 cm³/mol. The summed E-state index contributed by atoms with van der Waals surface area (Å²) in [7, 11) is 1.68. The minimum Gasteiger partial charge on any atom is -0.337 e. The molecule has 3 rings (SSSR count). The fraction of sp³-hybridized carbons (Fsp3) is 0.421. The summed E-state index contributed by atoms with van der Waals surface area (Å²) in [6.45, 7) is 1.78. The van der Waals surface area contributed by atoms with Crippen molar-refractivity contribution in [1.82, 2.24) is 14.7 Å². The molecule has 0 bridgehead atoms. The van der Waals surface area contributed by atoms with Gasteiger partial charge in [0.05, 0.1) is 11.7 Å². The van der Waals surface area contributed by atoms with Crippen LogP contribution in [0, 0.1) is 5.82 Å². The molecule has 0 saturated carbocycles. The van der Waals surface area contributed by atoms with Gasteiger partial charge in [-0.3, -0.25) is 9.59 Å². The number of aromatic nitrogens is 2. The molecule has 25 heavy (non-hydrogen) atoms. The lowest BCUT2D eigenvalue weighted by Crippen LogP contribution is -2.37. The molecule has 0 fully saturated rings. The van der Waals surface area contributed by atoms with E-state index in [1.54, 1.807) is 30.1 Å². The standard InChI is InChI=1S/C19H22FN3O2/c1-13(14-7-9-16(20)10-8-14)22(2)19(25)12-23-18(24)11-15-5-3-4-6-17(15)21-23/h7-11,13H,3-6,12H2,1-2H3/t13-/m1/s1. The van der Waals surface area contributed by atoms with Crippen LogP contribution in [0.15, 0.2) is 35.1 Å². The number of carbonyl (C=O) groups is 1. The van der Waals surface area contributed by atoms with Crippen LogP contribution in [0.5, 0.6) is 0 Å². The zero-order valence-electron chi connectivity index (χ0n) is 14.5. The summed E-state index contributed by atoms with van der Waals surface area (Å²) in [5.74, 6) is -0.517. The quantitative estimate of drug-likeness (QED) is 0.857. The van der Waals surface area contributed by atoms with Gasteiger partial charge in [0, 0.05) is 13.1 Å². The van der Waals surface area contributed by atoms with E-state index in [1.165, 1.54) is 16.8 Å². The lowest BCUT2D eigenvalue weighted by molar-refractivity contribution is -0.132. The highest BCUT2D eigenvalue weighted by Crippen LogP contribution is 2.20. The van der Waals surface area contributed by atoms with E-state index in [0.29, 0.717) is 0 Å². The Morgan fingerprint density at radius 1 is 1.28 bits per heavy atom. The Hall–Kier alpha value is -2.50. The largest absolute Gasteiger partial charge is 0.337 e. The first-order valence-electron chi connectivity index (χ1n) is 8.57. The van der Waals surface area contributed by atoms with Gasteiger partial charge in [0.15, 0.2) is 0 Å². The molecule has 0 unspecified atom stereocenters. The highest BCUT2D eigenvalue weighted by atomic mass is 19.1. The zero-order chi connectivity index (χ0) is 18.0. The van der Waals surface area contributed by atoms with Crippen LogP contribution in [-0.2, 0) is 24.2 Å². The molecule has 0 saturated heterocycles. The van der Waals surface area contributed by atoms with Gasteiger partial charge in [-0.1, -0.05) is 12.1 Å². The van der Waals surface area contributed by atoms with Crippen LogP contribution in [-0.4, -0.2) is 27.6 Å². The van der Waals surface area contributed by atoms with E-state index in [-0.39, 0.29) is 29.9 Å². The van der Waals surface area contributed by atoms with E-state index < -0.39 is 0 Å². The summed E-state index contributed by atoms with van der Waals surface area (Å²) in [6, 6.07) is 7.46. The molecular weight excluding hydrogens is 321 g/mol. The minimum absolute atomic E-state index is 0.0891. The van der Waals surface area contributed by atoms with Crippen LogP contribution >= 0.6 is 0 Å². The van der Waals surface area contributed by atoms with E-state index in [9.17, 15) is 14.0 Å². The molecule has 1 aliphatic rings. The van der Waals surface area contributed by atoms with Crippen LogP contribution in [0.1, 0.15) is 42.6 Å². The average molecular weight is 343 g/mol. The first kappa shape index (κ1) is 17.3. The second-order valence-corrected chi connectivity index (χ2v) is 6.55. The maximum absolute atomic E-state index is 13.1. The number of amides is 1. The van der Waals surface area contributed by atoms with Crippen molar-refractivity contribution < 1.29 is 9.18 Å². The molecular formula is C19H22FN3O2. The van der Waals surface area contributed by atoms with Gasteiger partial charge in [-0.05, 0) is 55.9 Å². The van der Waals surface area contributed by atoms with E-state index in [2.05, 4.69) is 5.10 Å². The molecule has 132 valence electrons. The lowest BCUT2D eigenvalue weighted by atomic mass is 9.97. The summed E-state index contributed by atoms with van der Waals surface area (Å²) in [5.41, 5.74) is 2.53. The summed E-state index contributed by atoms with van der Waals surface area (Å²) < 4.78 is 14.3. The predicted octanol–water partition coefficient (Wildman–Crippen LogP) is 2.48. The molecule has 0 radical (unpaired) electrons. The highest BCUT2D eigenvalue weighted by molar-refractivity contribution is 5.76. The van der Waals surface area contributed by atoms with Crippen molar-refractivity contribution in [2.45, 2.75) is 45.2 Å². The molecule has 5 nitrogen and oxygen atoms in total. The van der Waals surface area contributed by atoms with Gasteiger partial charge in [0.2, 0.25) is 5.91 Å². The number of halogens is 1. The fourth-order valence-corrected chi connectivity index (χ4v) is 3.13. The topological polar surface area (TPSA) is 55.2 Å². The van der Waals surface area contributed by atoms with Gasteiger partial charge in [0.25, 0.3) is 5.56 Å². The van der Waals surface area contributed by atoms with Crippen molar-refractivity contribution >= 4 is 5.91 Å². The molecule has 1 atom stereocenters. The number of rotatable bonds is 4. The molecule has 0 N–H and O–H groups in total. The van der Waals surface area contributed by atoms with Gasteiger partial charge in [-0.15, -0.1) is 0 Å². The summed E-state index contributed by atoms with van der Waals surface area (Å²) in [5, 5.41) is 4.39. The van der Waals surface area contributed by atoms with Crippen LogP contribution in [0.4, 0.5) is 4.39 Å². The van der Waals surface area contributed by atoms with E-state index >= 15 is 0 Å². The third-order valence-corrected chi connectivity index (χ3v) is 4.89. The number of aryl methyl sites for hydroxylation is 2. The molecule has 1 amide bonds. The lowest BCUT2D eigenvalue weighted by Gasteiger charge is -2.26. The van der Waals surface area contributed by atoms with Crippen molar-refractivity contribution in [3.8, 4) is 0 Å². The average Bonchev–Trinajstić information content (AvgIpc) is 2.61. The number of nitrogens with zero attached hydrogens (tertiary/aromatic N) is 3. The van der Waals surface area contributed by atoms with Crippen LogP contribution in [0.3, 0.4) is 0 Å². The van der Waals surface area contributed by atoms with Crippen molar-refractivity contribution in [2.75, 3.05) is 7.05 Å². The monoisotopic (exact) mass is 343 g/mol. The summed E-state index contributed by atoms with van der Waals surface area (Å²) in [6.07, 6.45) is 3.88. The Morgan fingerprint density at radius 3 is 2.68 bits per heavy atom. The van der Waals surface area contributed by atoms with Crippen LogP contribution < -0.4 is 5.56 Å². The Bertz CT molecular complexity index is 830. The maximum Gasteiger partial charge on any atom is 0.267 e. The molecule has 6 heteroatoms. The Labute approximate surface area is 146 Å². The number of fused-ring (bicyclic) bond motifs is 1. The van der Waals surface area contributed by atoms with E-state index in [4.69, 9.17) is 0 Å². The Morgan fingerprint density at radius 2 is 1.96 bits per heavy atom. The second-order valence-electron chi connectivity index (χ2n) is 6.55. The third-order valence-electron chi connectivity index (χ3n) is 4.89. The van der Waals surface area contributed by atoms with Gasteiger partial charge >= 0.3 is 0 Å². The SMILES string of the molecule is C[C@H](c1ccc(F)cc1)N(C)C(=O)Cn1nc2c(cc1=O)CCCC2. The second kappa shape index (κ2) is 7.17. The smallest absolute Gasteiger partial charge is 0.267 e. The molecule has 0 aliphatic heterocycles. The molecule has 0 spiro atoms. The normalized spacial score (nSPS) is 14.7. The Balaban J connectivity index is 1.75. The first-order chi connectivity index (χ1) is 12.0. The van der Waals surface area contributed by atoms with Gasteiger partial charge < -0.3 is 4.90 Å². The van der Waals surface area contributed by atoms with Gasteiger partial charge in [-0.2, -0.15) is 5.10 Å². The van der Waals surface area contributed by atoms with Crippen LogP contribution in [0.25, 0.3) is 0 Å². The van der Waals surface area contributed by atoms with Crippen molar-refractivity contribution in [3.63, 3.8) is 0 Å². The van der Waals surface area contributed by atoms with E-state index in [0.717, 1.165) is 42.5 Å². The molecule has 2 aromatic rings. The summed E-state index contributed by atoms with van der Waals surface area (Å²) >= 11 is 0.